The van der Waals surface area contributed by atoms with Gasteiger partial charge in [-0.1, -0.05) is 71.4 Å². The van der Waals surface area contributed by atoms with Gasteiger partial charge in [0, 0.05) is 34.2 Å². The molecule has 3 N–H and O–H groups in total. The summed E-state index contributed by atoms with van der Waals surface area (Å²) < 4.78 is 10.9. The number of nitrogens with one attached hydrogen (secondary N) is 2. The number of likely N-dealkylation sites (tertiary alicyclic amines) is 1. The first-order valence-electron chi connectivity index (χ1n) is 17.8. The van der Waals surface area contributed by atoms with Crippen LogP contribution in [0, 0.1) is 17.8 Å². The van der Waals surface area contributed by atoms with Gasteiger partial charge in [0.05, 0.1) is 42.7 Å². The fourth-order valence-corrected chi connectivity index (χ4v) is 7.99. The highest BCUT2D eigenvalue weighted by Gasteiger charge is 2.43. The molecule has 14 heteroatoms. The van der Waals surface area contributed by atoms with E-state index in [0.717, 1.165) is 12.0 Å². The van der Waals surface area contributed by atoms with Gasteiger partial charge in [-0.2, -0.15) is 0 Å². The maximum absolute atomic E-state index is 14.0. The molecule has 1 heterocycles. The van der Waals surface area contributed by atoms with Crippen LogP contribution in [0.2, 0.25) is 0 Å². The van der Waals surface area contributed by atoms with E-state index in [0.29, 0.717) is 19.4 Å². The molecule has 1 fully saturated rings. The quantitative estimate of drug-likeness (QED) is 0.102. The zero-order valence-electron chi connectivity index (χ0n) is 31.9. The van der Waals surface area contributed by atoms with Crippen LogP contribution in [0.5, 0.6) is 0 Å². The summed E-state index contributed by atoms with van der Waals surface area (Å²) in [7, 11) is 8.36. The van der Waals surface area contributed by atoms with E-state index in [1.165, 1.54) is 14.2 Å². The molecule has 288 valence electrons. The number of amides is 4. The third kappa shape index (κ3) is 12.1. The summed E-state index contributed by atoms with van der Waals surface area (Å²) in [6, 6.07) is 6.68. The van der Waals surface area contributed by atoms with Gasteiger partial charge >= 0.3 is 5.97 Å². The number of hydrogen-bond donors (Lipinski definition) is 3. The molecule has 1 aromatic carbocycles. The van der Waals surface area contributed by atoms with Gasteiger partial charge in [-0.25, -0.2) is 4.79 Å². The maximum Gasteiger partial charge on any atom is 0.326 e. The summed E-state index contributed by atoms with van der Waals surface area (Å²) in [5.41, 5.74) is 0.785. The lowest BCUT2D eigenvalue weighted by Crippen LogP contribution is -2.57. The first-order chi connectivity index (χ1) is 24.0. The highest BCUT2D eigenvalue weighted by molar-refractivity contribution is 14.1. The topological polar surface area (TPSA) is 158 Å². The molecule has 2 rings (SSSR count). The van der Waals surface area contributed by atoms with Gasteiger partial charge in [0.25, 0.3) is 5.91 Å². The number of carbonyl (C=O) groups excluding carboxylic acids is 4. The number of halogens is 1. The van der Waals surface area contributed by atoms with Gasteiger partial charge in [0.15, 0.2) is 4.05 Å². The Morgan fingerprint density at radius 1 is 0.980 bits per heavy atom. The Kier molecular flexibility index (Phi) is 18.3. The zero-order valence-corrected chi connectivity index (χ0v) is 34.1. The van der Waals surface area contributed by atoms with Crippen molar-refractivity contribution in [2.24, 2.45) is 17.8 Å². The number of nitrogens with zero attached hydrogens (tertiary/aromatic N) is 3. The van der Waals surface area contributed by atoms with E-state index in [1.807, 2.05) is 99.6 Å². The van der Waals surface area contributed by atoms with Crippen molar-refractivity contribution in [2.75, 3.05) is 41.9 Å². The normalized spacial score (nSPS) is 19.4. The molecular formula is C37H60IN5O8. The lowest BCUT2D eigenvalue weighted by molar-refractivity contribution is -0.147. The number of carboxylic acids is 1. The predicted molar refractivity (Wildman–Crippen MR) is 204 cm³/mol. The minimum Gasteiger partial charge on any atom is -0.480 e. The smallest absolute Gasteiger partial charge is 0.326 e. The van der Waals surface area contributed by atoms with E-state index in [2.05, 4.69) is 10.6 Å². The number of carbonyl (C=O) groups is 5. The second kappa shape index (κ2) is 21.0. The van der Waals surface area contributed by atoms with E-state index < -0.39 is 58.2 Å². The van der Waals surface area contributed by atoms with Gasteiger partial charge < -0.3 is 35.0 Å². The van der Waals surface area contributed by atoms with Crippen molar-refractivity contribution < 1.29 is 38.6 Å². The first kappa shape index (κ1) is 44.3. The van der Waals surface area contributed by atoms with Gasteiger partial charge in [0.1, 0.15) is 6.04 Å². The monoisotopic (exact) mass is 829 g/mol. The van der Waals surface area contributed by atoms with E-state index in [-0.39, 0.29) is 42.4 Å². The van der Waals surface area contributed by atoms with E-state index in [4.69, 9.17) is 9.47 Å². The Morgan fingerprint density at radius 3 is 2.12 bits per heavy atom. The third-order valence-electron chi connectivity index (χ3n) is 10.1. The Labute approximate surface area is 317 Å². The number of aliphatic carboxylic acids is 1. The molecule has 4 amide bonds. The summed E-state index contributed by atoms with van der Waals surface area (Å²) in [4.78, 5) is 71.5. The molecule has 1 saturated heterocycles. The van der Waals surface area contributed by atoms with Crippen LogP contribution in [0.3, 0.4) is 0 Å². The largest absolute Gasteiger partial charge is 0.480 e. The van der Waals surface area contributed by atoms with Crippen molar-refractivity contribution in [3.63, 3.8) is 0 Å². The van der Waals surface area contributed by atoms with Crippen LogP contribution in [0.1, 0.15) is 65.9 Å². The molecule has 13 nitrogen and oxygen atoms in total. The summed E-state index contributed by atoms with van der Waals surface area (Å²) in [6.45, 7) is 10.1. The summed E-state index contributed by atoms with van der Waals surface area (Å²) in [5.74, 6) is -3.08. The van der Waals surface area contributed by atoms with Crippen LogP contribution >= 0.6 is 22.6 Å². The van der Waals surface area contributed by atoms with Crippen LogP contribution in [0.15, 0.2) is 30.3 Å². The fraction of sp³-hybridized carbons (Fsp3) is 0.703. The Bertz CT molecular complexity index is 1290. The highest BCUT2D eigenvalue weighted by Crippen LogP contribution is 2.29. The van der Waals surface area contributed by atoms with Crippen LogP contribution in [0.4, 0.5) is 0 Å². The Hall–Kier alpha value is -2.82. The number of ether oxygens (including phenoxy) is 2. The summed E-state index contributed by atoms with van der Waals surface area (Å²) in [5, 5.41) is 15.4. The van der Waals surface area contributed by atoms with Crippen LogP contribution in [-0.2, 0) is 39.9 Å². The molecule has 0 aliphatic carbocycles. The molecule has 9 atom stereocenters. The number of methoxy groups -OCH3 is 2. The van der Waals surface area contributed by atoms with Crippen LogP contribution in [0.25, 0.3) is 0 Å². The third-order valence-corrected chi connectivity index (χ3v) is 10.9. The summed E-state index contributed by atoms with van der Waals surface area (Å²) in [6.07, 6.45) is 0.829. The maximum atomic E-state index is 14.0. The van der Waals surface area contributed by atoms with E-state index in [1.54, 1.807) is 23.8 Å². The SMILES string of the molecule is CC[C@H](C)C([C@@H](CC(=O)N1CCC[C@H]1[C@H](OC)[C@@H](C)C(=O)N[C@@H](Cc1ccccc1)C(=O)O)OC)N(C)C(=O)C(I)NC(=O)[C@H](C(C)C)N(C)C. The lowest BCUT2D eigenvalue weighted by Gasteiger charge is -2.40. The molecule has 0 spiro atoms. The number of alkyl halides is 1. The number of carboxylic acid groups (broad SMARTS) is 1. The minimum absolute atomic E-state index is 0.0108. The van der Waals surface area contributed by atoms with Crippen LogP contribution < -0.4 is 10.6 Å². The molecule has 0 saturated carbocycles. The molecular weight excluding hydrogens is 769 g/mol. The van der Waals surface area contributed by atoms with Crippen molar-refractivity contribution in [3.05, 3.63) is 35.9 Å². The molecule has 0 bridgehead atoms. The number of rotatable bonds is 20. The van der Waals surface area contributed by atoms with Crippen molar-refractivity contribution in [1.82, 2.24) is 25.3 Å². The van der Waals surface area contributed by atoms with E-state index >= 15 is 0 Å². The zero-order chi connectivity index (χ0) is 38.6. The van der Waals surface area contributed by atoms with Crippen molar-refractivity contribution in [1.29, 1.82) is 0 Å². The van der Waals surface area contributed by atoms with E-state index in [9.17, 15) is 29.1 Å². The van der Waals surface area contributed by atoms with Crippen molar-refractivity contribution in [2.45, 2.75) is 107 Å². The molecule has 51 heavy (non-hydrogen) atoms. The lowest BCUT2D eigenvalue weighted by atomic mass is 9.90. The summed E-state index contributed by atoms with van der Waals surface area (Å²) >= 11 is 1.94. The molecule has 1 aliphatic rings. The van der Waals surface area contributed by atoms with Crippen LogP contribution in [-0.4, -0.2) is 132 Å². The number of hydrogen-bond acceptors (Lipinski definition) is 8. The molecule has 0 radical (unpaired) electrons. The second-order valence-corrected chi connectivity index (χ2v) is 15.4. The number of likely N-dealkylation sites (N-methyl/N-ethyl adjacent to an activating group) is 2. The first-order valence-corrected chi connectivity index (χ1v) is 19.0. The number of benzene rings is 1. The standard InChI is InChI=1S/C37H60IN5O8/c1-11-23(4)31(42(8)36(47)33(38)40-35(46)30(22(2)3)41(6)7)28(50-9)21-29(44)43-19-15-18-27(43)32(51-10)24(5)34(45)39-26(37(48)49)20-25-16-13-12-14-17-25/h12-14,16-17,22-24,26-28,30-33H,11,15,18-21H2,1-10H3,(H,39,45)(H,40,46)(H,48,49)/t23-,24+,26-,27-,28+,30-,31?,32+,33?/m0/s1. The van der Waals surface area contributed by atoms with Gasteiger partial charge in [0.2, 0.25) is 17.7 Å². The molecule has 1 aromatic rings. The minimum atomic E-state index is -1.14. The van der Waals surface area contributed by atoms with Gasteiger partial charge in [-0.15, -0.1) is 0 Å². The van der Waals surface area contributed by atoms with Crippen molar-refractivity contribution in [3.8, 4) is 0 Å². The molecule has 0 aromatic heterocycles. The predicted octanol–water partition coefficient (Wildman–Crippen LogP) is 3.18. The van der Waals surface area contributed by atoms with Gasteiger partial charge in [-0.3, -0.25) is 24.1 Å². The fourth-order valence-electron chi connectivity index (χ4n) is 7.24. The molecule has 1 aliphatic heterocycles. The highest BCUT2D eigenvalue weighted by atomic mass is 127. The Morgan fingerprint density at radius 2 is 1.61 bits per heavy atom. The second-order valence-electron chi connectivity index (χ2n) is 14.2. The van der Waals surface area contributed by atoms with Crippen molar-refractivity contribution >= 4 is 52.2 Å². The Balaban J connectivity index is 2.21. The molecule has 2 unspecified atom stereocenters. The van der Waals surface area contributed by atoms with Gasteiger partial charge in [-0.05, 0) is 66.9 Å². The average molecular weight is 830 g/mol. The average Bonchev–Trinajstić information content (AvgIpc) is 3.56.